The molecule has 1 amide bonds. The third-order valence-corrected chi connectivity index (χ3v) is 1.29. The summed E-state index contributed by atoms with van der Waals surface area (Å²) in [4.78, 5) is 10.4. The maximum Gasteiger partial charge on any atom is 0.217 e. The molecule has 3 nitrogen and oxygen atoms in total. The van der Waals surface area contributed by atoms with Gasteiger partial charge in [0.15, 0.2) is 0 Å². The van der Waals surface area contributed by atoms with E-state index in [4.69, 9.17) is 4.42 Å². The molecule has 0 radical (unpaired) electrons. The molecule has 64 valence electrons. The summed E-state index contributed by atoms with van der Waals surface area (Å²) in [5, 5.41) is 2.64. The van der Waals surface area contributed by atoms with Gasteiger partial charge in [0, 0.05) is 13.5 Å². The number of furan rings is 1. The molecule has 0 aliphatic rings. The first-order valence-electron chi connectivity index (χ1n) is 3.73. The summed E-state index contributed by atoms with van der Waals surface area (Å²) in [6, 6.07) is 3.67. The fourth-order valence-corrected chi connectivity index (χ4v) is 0.764. The van der Waals surface area contributed by atoms with E-state index in [0.717, 1.165) is 5.76 Å². The van der Waals surface area contributed by atoms with Gasteiger partial charge in [-0.25, -0.2) is 0 Å². The van der Waals surface area contributed by atoms with E-state index in [1.807, 2.05) is 24.3 Å². The summed E-state index contributed by atoms with van der Waals surface area (Å²) in [5.41, 5.74) is 0. The Morgan fingerprint density at radius 3 is 3.17 bits per heavy atom. The van der Waals surface area contributed by atoms with Gasteiger partial charge in [-0.15, -0.1) is 0 Å². The number of nitrogens with one attached hydrogen (secondary N) is 1. The van der Waals surface area contributed by atoms with E-state index in [1.54, 1.807) is 6.26 Å². The minimum absolute atomic E-state index is 0.0286. The van der Waals surface area contributed by atoms with Crippen molar-refractivity contribution in [2.75, 3.05) is 6.54 Å². The lowest BCUT2D eigenvalue weighted by atomic mass is 10.4. The van der Waals surface area contributed by atoms with Gasteiger partial charge in [-0.2, -0.15) is 0 Å². The zero-order valence-corrected chi connectivity index (χ0v) is 6.91. The van der Waals surface area contributed by atoms with Crippen LogP contribution in [0.1, 0.15) is 12.7 Å². The highest BCUT2D eigenvalue weighted by Crippen LogP contribution is 2.00. The zero-order valence-electron chi connectivity index (χ0n) is 6.91. The molecule has 0 fully saturated rings. The van der Waals surface area contributed by atoms with Crippen molar-refractivity contribution in [3.8, 4) is 0 Å². The van der Waals surface area contributed by atoms with Gasteiger partial charge in [-0.3, -0.25) is 4.79 Å². The maximum atomic E-state index is 10.4. The summed E-state index contributed by atoms with van der Waals surface area (Å²) in [7, 11) is 0. The molecule has 0 saturated carbocycles. The summed E-state index contributed by atoms with van der Waals surface area (Å²) in [6.45, 7) is 2.02. The Hall–Kier alpha value is -1.51. The summed E-state index contributed by atoms with van der Waals surface area (Å²) < 4.78 is 5.04. The molecule has 1 aromatic rings. The number of carbonyl (C=O) groups is 1. The molecule has 0 aromatic carbocycles. The zero-order chi connectivity index (χ0) is 8.81. The van der Waals surface area contributed by atoms with Crippen LogP contribution < -0.4 is 5.32 Å². The SMILES string of the molecule is CC(=O)NCC=Cc1ccco1. The van der Waals surface area contributed by atoms with Crippen LogP contribution in [0.5, 0.6) is 0 Å². The highest BCUT2D eigenvalue weighted by atomic mass is 16.3. The van der Waals surface area contributed by atoms with Crippen LogP contribution in [-0.2, 0) is 4.79 Å². The van der Waals surface area contributed by atoms with Crippen molar-refractivity contribution < 1.29 is 9.21 Å². The Morgan fingerprint density at radius 2 is 2.58 bits per heavy atom. The van der Waals surface area contributed by atoms with Crippen molar-refractivity contribution in [3.63, 3.8) is 0 Å². The van der Waals surface area contributed by atoms with E-state index in [2.05, 4.69) is 5.32 Å². The Morgan fingerprint density at radius 1 is 1.75 bits per heavy atom. The molecule has 1 N–H and O–H groups in total. The highest BCUT2D eigenvalue weighted by Gasteiger charge is 1.87. The van der Waals surface area contributed by atoms with Crippen LogP contribution >= 0.6 is 0 Å². The van der Waals surface area contributed by atoms with Crippen LogP contribution in [0, 0.1) is 0 Å². The van der Waals surface area contributed by atoms with E-state index in [-0.39, 0.29) is 5.91 Å². The topological polar surface area (TPSA) is 42.2 Å². The second-order valence-electron chi connectivity index (χ2n) is 2.35. The Bertz CT molecular complexity index is 262. The third-order valence-electron chi connectivity index (χ3n) is 1.29. The van der Waals surface area contributed by atoms with Crippen molar-refractivity contribution in [2.24, 2.45) is 0 Å². The molecule has 0 unspecified atom stereocenters. The van der Waals surface area contributed by atoms with Gasteiger partial charge < -0.3 is 9.73 Å². The van der Waals surface area contributed by atoms with Gasteiger partial charge in [-0.1, -0.05) is 6.08 Å². The van der Waals surface area contributed by atoms with Crippen LogP contribution in [-0.4, -0.2) is 12.5 Å². The molecule has 3 heteroatoms. The standard InChI is InChI=1S/C9H11NO2/c1-8(11)10-6-2-4-9-5-3-7-12-9/h2-5,7H,6H2,1H3,(H,10,11). The first-order chi connectivity index (χ1) is 5.79. The maximum absolute atomic E-state index is 10.4. The van der Waals surface area contributed by atoms with Crippen molar-refractivity contribution in [1.82, 2.24) is 5.32 Å². The Labute approximate surface area is 71.1 Å². The smallest absolute Gasteiger partial charge is 0.217 e. The quantitative estimate of drug-likeness (QED) is 0.736. The monoisotopic (exact) mass is 165 g/mol. The van der Waals surface area contributed by atoms with Crippen molar-refractivity contribution in [3.05, 3.63) is 30.2 Å². The van der Waals surface area contributed by atoms with Gasteiger partial charge in [0.05, 0.1) is 6.26 Å². The molecule has 1 heterocycles. The van der Waals surface area contributed by atoms with Crippen LogP contribution in [0.4, 0.5) is 0 Å². The molecule has 0 aliphatic heterocycles. The molecular weight excluding hydrogens is 154 g/mol. The van der Waals surface area contributed by atoms with Crippen LogP contribution in [0.25, 0.3) is 6.08 Å². The largest absolute Gasteiger partial charge is 0.465 e. The molecule has 0 bridgehead atoms. The van der Waals surface area contributed by atoms with Crippen LogP contribution in [0.3, 0.4) is 0 Å². The lowest BCUT2D eigenvalue weighted by molar-refractivity contribution is -0.118. The summed E-state index contributed by atoms with van der Waals surface area (Å²) >= 11 is 0. The summed E-state index contributed by atoms with van der Waals surface area (Å²) in [6.07, 6.45) is 5.26. The number of hydrogen-bond acceptors (Lipinski definition) is 2. The molecule has 0 atom stereocenters. The average molecular weight is 165 g/mol. The lowest BCUT2D eigenvalue weighted by Crippen LogP contribution is -2.19. The second-order valence-corrected chi connectivity index (χ2v) is 2.35. The molecule has 1 rings (SSSR count). The van der Waals surface area contributed by atoms with Crippen LogP contribution in [0.15, 0.2) is 28.9 Å². The molecule has 0 spiro atoms. The van der Waals surface area contributed by atoms with Crippen molar-refractivity contribution >= 4 is 12.0 Å². The number of carbonyl (C=O) groups excluding carboxylic acids is 1. The molecule has 12 heavy (non-hydrogen) atoms. The number of amides is 1. The second kappa shape index (κ2) is 4.38. The molecule has 1 aromatic heterocycles. The molecule has 0 saturated heterocycles. The minimum atomic E-state index is -0.0286. The van der Waals surface area contributed by atoms with Gasteiger partial charge in [0.1, 0.15) is 5.76 Å². The van der Waals surface area contributed by atoms with E-state index in [0.29, 0.717) is 6.54 Å². The first kappa shape index (κ1) is 8.59. The summed E-state index contributed by atoms with van der Waals surface area (Å²) in [5.74, 6) is 0.763. The van der Waals surface area contributed by atoms with Gasteiger partial charge in [0.25, 0.3) is 0 Å². The van der Waals surface area contributed by atoms with E-state index in [1.165, 1.54) is 6.92 Å². The first-order valence-corrected chi connectivity index (χ1v) is 3.73. The van der Waals surface area contributed by atoms with Crippen molar-refractivity contribution in [2.45, 2.75) is 6.92 Å². The van der Waals surface area contributed by atoms with Gasteiger partial charge in [0.2, 0.25) is 5.91 Å². The number of hydrogen-bond donors (Lipinski definition) is 1. The Balaban J connectivity index is 2.27. The van der Waals surface area contributed by atoms with E-state index >= 15 is 0 Å². The molecule has 0 aliphatic carbocycles. The van der Waals surface area contributed by atoms with Crippen LogP contribution in [0.2, 0.25) is 0 Å². The lowest BCUT2D eigenvalue weighted by Gasteiger charge is -1.92. The minimum Gasteiger partial charge on any atom is -0.465 e. The highest BCUT2D eigenvalue weighted by molar-refractivity contribution is 5.73. The van der Waals surface area contributed by atoms with Gasteiger partial charge >= 0.3 is 0 Å². The fourth-order valence-electron chi connectivity index (χ4n) is 0.764. The van der Waals surface area contributed by atoms with Gasteiger partial charge in [-0.05, 0) is 18.2 Å². The average Bonchev–Trinajstić information content (AvgIpc) is 2.49. The normalized spacial score (nSPS) is 10.4. The Kier molecular flexibility index (Phi) is 3.14. The fraction of sp³-hybridized carbons (Fsp3) is 0.222. The predicted molar refractivity (Wildman–Crippen MR) is 46.4 cm³/mol. The number of rotatable bonds is 3. The van der Waals surface area contributed by atoms with E-state index < -0.39 is 0 Å². The van der Waals surface area contributed by atoms with E-state index in [9.17, 15) is 4.79 Å². The predicted octanol–water partition coefficient (Wildman–Crippen LogP) is 1.43. The third kappa shape index (κ3) is 3.05. The molecular formula is C9H11NO2. The van der Waals surface area contributed by atoms with Crippen molar-refractivity contribution in [1.29, 1.82) is 0 Å².